The molecule has 0 spiro atoms. The zero-order valence-corrected chi connectivity index (χ0v) is 23.9. The summed E-state index contributed by atoms with van der Waals surface area (Å²) in [6.07, 6.45) is 14.1. The lowest BCUT2D eigenvalue weighted by Gasteiger charge is -2.26. The van der Waals surface area contributed by atoms with Gasteiger partial charge in [0.05, 0.1) is 17.9 Å². The smallest absolute Gasteiger partial charge is 0.228 e. The lowest BCUT2D eigenvalue weighted by molar-refractivity contribution is -0.115. The molecule has 1 aliphatic heterocycles. The van der Waals surface area contributed by atoms with Crippen LogP contribution in [0.25, 0.3) is 0 Å². The molecule has 0 aromatic heterocycles. The molecule has 3 N–H and O–H groups in total. The van der Waals surface area contributed by atoms with Gasteiger partial charge in [-0.05, 0) is 74.0 Å². The molecule has 0 fully saturated rings. The molecular formula is C30H41N4O2P. The van der Waals surface area contributed by atoms with E-state index in [1.54, 1.807) is 24.0 Å². The van der Waals surface area contributed by atoms with E-state index in [0.717, 1.165) is 27.8 Å². The predicted octanol–water partition coefficient (Wildman–Crippen LogP) is 6.93. The maximum Gasteiger partial charge on any atom is 0.228 e. The number of terminal acetylenes is 1. The Morgan fingerprint density at radius 2 is 2.08 bits per heavy atom. The highest BCUT2D eigenvalue weighted by Gasteiger charge is 2.20. The Hall–Kier alpha value is -3.39. The predicted molar refractivity (Wildman–Crippen MR) is 161 cm³/mol. The fourth-order valence-corrected chi connectivity index (χ4v) is 4.54. The summed E-state index contributed by atoms with van der Waals surface area (Å²) in [6.45, 7) is 20.6. The van der Waals surface area contributed by atoms with Crippen LogP contribution in [0.3, 0.4) is 0 Å². The van der Waals surface area contributed by atoms with E-state index in [9.17, 15) is 9.90 Å². The highest BCUT2D eigenvalue weighted by molar-refractivity contribution is 7.45. The number of hydrogen-bond donors (Lipinski definition) is 3. The standard InChI is InChI=1S/C28H35N4O2P.C2H6/c1-8-24(33)14-11-19(4)15-27(34)31-23-13-12-20(5)25(16-23)21(6)30-28-17-29-26(22(7)35-28)18-32(9-2)10-3;1-2/h2,8,11-14,16-18,21,28,30,33,35H,4,7,10,15H2,1,3,5-6H3,(H,31,34);1-2H3/b14-11-,24-8+,26-18+;. The van der Waals surface area contributed by atoms with E-state index in [0.29, 0.717) is 20.7 Å². The highest BCUT2D eigenvalue weighted by Crippen LogP contribution is 2.37. The van der Waals surface area contributed by atoms with Crippen molar-refractivity contribution in [3.8, 4) is 12.5 Å². The Labute approximate surface area is 224 Å². The van der Waals surface area contributed by atoms with Crippen LogP contribution in [0, 0.1) is 19.4 Å². The Balaban J connectivity index is 0.00000334. The van der Waals surface area contributed by atoms with Crippen molar-refractivity contribution in [2.75, 3.05) is 11.9 Å². The summed E-state index contributed by atoms with van der Waals surface area (Å²) < 4.78 is 0. The summed E-state index contributed by atoms with van der Waals surface area (Å²) in [7, 11) is 0.446. The van der Waals surface area contributed by atoms with Crippen LogP contribution in [0.5, 0.6) is 0 Å². The molecule has 0 radical (unpaired) electrons. The van der Waals surface area contributed by atoms with Gasteiger partial charge in [-0.1, -0.05) is 54.2 Å². The maximum atomic E-state index is 12.5. The van der Waals surface area contributed by atoms with Gasteiger partial charge in [-0.2, -0.15) is 0 Å². The van der Waals surface area contributed by atoms with Crippen molar-refractivity contribution >= 4 is 26.4 Å². The number of nitrogens with one attached hydrogen (secondary N) is 2. The minimum Gasteiger partial charge on any atom is -0.508 e. The van der Waals surface area contributed by atoms with Crippen LogP contribution in [0.1, 0.15) is 58.2 Å². The van der Waals surface area contributed by atoms with Crippen molar-refractivity contribution in [1.82, 2.24) is 10.2 Å². The van der Waals surface area contributed by atoms with E-state index >= 15 is 0 Å². The molecule has 2 rings (SSSR count). The minimum absolute atomic E-state index is 0.0358. The van der Waals surface area contributed by atoms with Gasteiger partial charge in [0, 0.05) is 36.7 Å². The second-order valence-electron chi connectivity index (χ2n) is 8.20. The fraction of sp³-hybridized carbons (Fsp3) is 0.333. The van der Waals surface area contributed by atoms with E-state index in [4.69, 9.17) is 6.42 Å². The van der Waals surface area contributed by atoms with Gasteiger partial charge in [-0.3, -0.25) is 15.1 Å². The summed E-state index contributed by atoms with van der Waals surface area (Å²) in [5.41, 5.74) is 4.36. The quantitative estimate of drug-likeness (QED) is 0.103. The van der Waals surface area contributed by atoms with Gasteiger partial charge in [0.15, 0.2) is 0 Å². The van der Waals surface area contributed by atoms with Crippen LogP contribution in [-0.4, -0.2) is 34.5 Å². The lowest BCUT2D eigenvalue weighted by atomic mass is 10.0. The van der Waals surface area contributed by atoms with Gasteiger partial charge in [0.1, 0.15) is 5.76 Å². The van der Waals surface area contributed by atoms with Crippen LogP contribution < -0.4 is 10.6 Å². The van der Waals surface area contributed by atoms with Crippen molar-refractivity contribution in [2.45, 2.75) is 59.8 Å². The first-order valence-electron chi connectivity index (χ1n) is 12.5. The number of aliphatic hydroxyl groups is 1. The van der Waals surface area contributed by atoms with E-state index in [2.05, 4.69) is 48.7 Å². The second-order valence-corrected chi connectivity index (χ2v) is 9.71. The number of nitrogens with zero attached hydrogens (tertiary/aromatic N) is 2. The molecule has 3 atom stereocenters. The molecule has 0 saturated carbocycles. The average molecular weight is 521 g/mol. The molecule has 3 unspecified atom stereocenters. The van der Waals surface area contributed by atoms with Crippen LogP contribution in [0.2, 0.25) is 0 Å². The summed E-state index contributed by atoms with van der Waals surface area (Å²) in [4.78, 5) is 18.8. The number of benzene rings is 1. The molecule has 1 amide bonds. The number of aryl methyl sites for hydroxylation is 1. The molecule has 1 aromatic carbocycles. The third-order valence-corrected chi connectivity index (χ3v) is 6.65. The van der Waals surface area contributed by atoms with E-state index in [-0.39, 0.29) is 29.9 Å². The SMILES string of the molecule is C#CN(/C=C1/N=CC(NC(C)c2cc(NC(=O)CC(=C)/C=C\C(O)=C/C)ccc2C)PC1=C)CC.CC. The monoisotopic (exact) mass is 520 g/mol. The maximum absolute atomic E-state index is 12.5. The van der Waals surface area contributed by atoms with Gasteiger partial charge >= 0.3 is 0 Å². The Morgan fingerprint density at radius 1 is 1.38 bits per heavy atom. The molecule has 1 aromatic rings. The molecule has 7 heteroatoms. The molecule has 6 nitrogen and oxygen atoms in total. The molecule has 0 saturated heterocycles. The Morgan fingerprint density at radius 3 is 2.68 bits per heavy atom. The topological polar surface area (TPSA) is 77.0 Å². The molecular weight excluding hydrogens is 479 g/mol. The first-order valence-corrected chi connectivity index (χ1v) is 13.6. The van der Waals surface area contributed by atoms with E-state index < -0.39 is 0 Å². The molecule has 37 heavy (non-hydrogen) atoms. The largest absolute Gasteiger partial charge is 0.508 e. The van der Waals surface area contributed by atoms with Gasteiger partial charge in [-0.25, -0.2) is 0 Å². The number of rotatable bonds is 10. The summed E-state index contributed by atoms with van der Waals surface area (Å²) in [5.74, 6) is 0.0303. The number of aliphatic hydroxyl groups excluding tert-OH is 1. The first-order chi connectivity index (χ1) is 17.7. The fourth-order valence-electron chi connectivity index (χ4n) is 3.41. The van der Waals surface area contributed by atoms with Crippen molar-refractivity contribution in [3.63, 3.8) is 0 Å². The van der Waals surface area contributed by atoms with Crippen LogP contribution in [-0.2, 0) is 4.79 Å². The lowest BCUT2D eigenvalue weighted by Crippen LogP contribution is -2.31. The number of allylic oxidation sites excluding steroid dienone is 4. The minimum atomic E-state index is -0.167. The van der Waals surface area contributed by atoms with Gasteiger partial charge in [-0.15, -0.1) is 0 Å². The number of aliphatic imine (C=N–C) groups is 1. The number of anilines is 1. The Bertz CT molecular complexity index is 1120. The molecule has 0 aliphatic carbocycles. The van der Waals surface area contributed by atoms with E-state index in [1.807, 2.05) is 51.4 Å². The average Bonchev–Trinajstić information content (AvgIpc) is 2.89. The second kappa shape index (κ2) is 16.4. The van der Waals surface area contributed by atoms with Crippen molar-refractivity contribution in [2.24, 2.45) is 4.99 Å². The normalized spacial score (nSPS) is 17.8. The van der Waals surface area contributed by atoms with Crippen molar-refractivity contribution < 1.29 is 9.90 Å². The molecule has 0 bridgehead atoms. The summed E-state index contributed by atoms with van der Waals surface area (Å²) in [5, 5.41) is 17.0. The zero-order chi connectivity index (χ0) is 28.0. The van der Waals surface area contributed by atoms with Gasteiger partial charge in [0.2, 0.25) is 5.91 Å². The van der Waals surface area contributed by atoms with Crippen LogP contribution >= 0.6 is 8.58 Å². The summed E-state index contributed by atoms with van der Waals surface area (Å²) >= 11 is 0. The van der Waals surface area contributed by atoms with Gasteiger partial charge in [0.25, 0.3) is 0 Å². The molecule has 198 valence electrons. The number of hydrogen-bond acceptors (Lipinski definition) is 5. The molecule has 1 heterocycles. The zero-order valence-electron chi connectivity index (χ0n) is 22.9. The Kier molecular flexibility index (Phi) is 14.0. The van der Waals surface area contributed by atoms with Crippen molar-refractivity contribution in [1.29, 1.82) is 0 Å². The third kappa shape index (κ3) is 10.6. The third-order valence-electron chi connectivity index (χ3n) is 5.42. The molecule has 1 aliphatic rings. The van der Waals surface area contributed by atoms with Gasteiger partial charge < -0.3 is 15.3 Å². The van der Waals surface area contributed by atoms with Crippen LogP contribution in [0.4, 0.5) is 5.69 Å². The number of carbonyl (C=O) groups is 1. The first kappa shape index (κ1) is 31.6. The van der Waals surface area contributed by atoms with E-state index in [1.165, 1.54) is 6.08 Å². The van der Waals surface area contributed by atoms with Crippen molar-refractivity contribution in [3.05, 3.63) is 89.3 Å². The summed E-state index contributed by atoms with van der Waals surface area (Å²) in [6, 6.07) is 8.53. The highest BCUT2D eigenvalue weighted by atomic mass is 31.1. The van der Waals surface area contributed by atoms with Crippen LogP contribution in [0.15, 0.2) is 83.1 Å². The number of carbonyl (C=O) groups excluding carboxylic acids is 1. The number of amides is 1.